The molecule has 0 aliphatic carbocycles. The van der Waals surface area contributed by atoms with Crippen molar-refractivity contribution >= 4 is 50.1 Å². The van der Waals surface area contributed by atoms with E-state index in [4.69, 9.17) is 16.6 Å². The first-order valence-electron chi connectivity index (χ1n) is 7.74. The highest BCUT2D eigenvalue weighted by Gasteiger charge is 2.10. The van der Waals surface area contributed by atoms with Gasteiger partial charge in [-0.25, -0.2) is 9.97 Å². The summed E-state index contributed by atoms with van der Waals surface area (Å²) in [7, 11) is 0. The van der Waals surface area contributed by atoms with Crippen molar-refractivity contribution in [3.05, 3.63) is 82.3 Å². The largest absolute Gasteiger partial charge is 0.324 e. The van der Waals surface area contributed by atoms with Gasteiger partial charge in [0.2, 0.25) is 5.95 Å². The van der Waals surface area contributed by atoms with Gasteiger partial charge in [0.15, 0.2) is 0 Å². The summed E-state index contributed by atoms with van der Waals surface area (Å²) < 4.78 is 0.997. The van der Waals surface area contributed by atoms with E-state index in [9.17, 15) is 0 Å². The summed E-state index contributed by atoms with van der Waals surface area (Å²) in [4.78, 5) is 9.39. The van der Waals surface area contributed by atoms with Crippen LogP contribution >= 0.6 is 27.5 Å². The molecule has 3 aromatic carbocycles. The van der Waals surface area contributed by atoms with Gasteiger partial charge < -0.3 is 5.32 Å². The van der Waals surface area contributed by atoms with Crippen LogP contribution in [0.1, 0.15) is 0 Å². The molecule has 1 aromatic heterocycles. The van der Waals surface area contributed by atoms with Crippen LogP contribution in [0.3, 0.4) is 0 Å². The van der Waals surface area contributed by atoms with Crippen LogP contribution in [-0.4, -0.2) is 9.97 Å². The van der Waals surface area contributed by atoms with Crippen LogP contribution < -0.4 is 5.32 Å². The lowest BCUT2D eigenvalue weighted by Crippen LogP contribution is -2.00. The van der Waals surface area contributed by atoms with E-state index >= 15 is 0 Å². The van der Waals surface area contributed by atoms with Gasteiger partial charge in [-0.15, -0.1) is 0 Å². The Balaban J connectivity index is 1.88. The van der Waals surface area contributed by atoms with Gasteiger partial charge in [-0.05, 0) is 36.4 Å². The van der Waals surface area contributed by atoms with Crippen LogP contribution in [0.4, 0.5) is 11.6 Å². The number of nitrogens with zero attached hydrogens (tertiary/aromatic N) is 2. The minimum atomic E-state index is 0.538. The summed E-state index contributed by atoms with van der Waals surface area (Å²) in [6.45, 7) is 0. The Hall–Kier alpha value is -2.43. The lowest BCUT2D eigenvalue weighted by atomic mass is 10.1. The van der Waals surface area contributed by atoms with E-state index in [0.717, 1.165) is 32.3 Å². The molecule has 3 nitrogen and oxygen atoms in total. The van der Waals surface area contributed by atoms with Crippen LogP contribution in [0.25, 0.3) is 22.2 Å². The smallest absolute Gasteiger partial charge is 0.228 e. The zero-order chi connectivity index (χ0) is 17.2. The lowest BCUT2D eigenvalue weighted by Gasteiger charge is -2.11. The number of nitrogens with one attached hydrogen (secondary N) is 1. The van der Waals surface area contributed by atoms with Crippen LogP contribution in [0.2, 0.25) is 5.02 Å². The zero-order valence-corrected chi connectivity index (χ0v) is 15.4. The topological polar surface area (TPSA) is 37.8 Å². The second-order valence-electron chi connectivity index (χ2n) is 5.56. The molecule has 0 radical (unpaired) electrons. The number of aromatic nitrogens is 2. The Morgan fingerprint density at radius 1 is 0.840 bits per heavy atom. The molecule has 0 fully saturated rings. The molecule has 0 unspecified atom stereocenters. The van der Waals surface area contributed by atoms with Crippen LogP contribution in [-0.2, 0) is 0 Å². The van der Waals surface area contributed by atoms with Gasteiger partial charge in [0.25, 0.3) is 0 Å². The van der Waals surface area contributed by atoms with Crippen molar-refractivity contribution in [2.45, 2.75) is 0 Å². The SMILES string of the molecule is Clc1cccc(Nc2nc(-c3ccccc3)c3cc(Br)ccc3n2)c1. The number of halogens is 2. The molecule has 0 spiro atoms. The monoisotopic (exact) mass is 409 g/mol. The molecule has 1 N–H and O–H groups in total. The zero-order valence-electron chi connectivity index (χ0n) is 13.1. The second kappa shape index (κ2) is 6.82. The van der Waals surface area contributed by atoms with Crippen LogP contribution in [0.5, 0.6) is 0 Å². The van der Waals surface area contributed by atoms with Crippen molar-refractivity contribution in [1.82, 2.24) is 9.97 Å². The maximum atomic E-state index is 6.06. The van der Waals surface area contributed by atoms with Crippen molar-refractivity contribution in [2.24, 2.45) is 0 Å². The van der Waals surface area contributed by atoms with E-state index in [1.807, 2.05) is 72.8 Å². The number of rotatable bonds is 3. The minimum absolute atomic E-state index is 0.538. The van der Waals surface area contributed by atoms with E-state index in [0.29, 0.717) is 11.0 Å². The van der Waals surface area contributed by atoms with Crippen molar-refractivity contribution < 1.29 is 0 Å². The Bertz CT molecular complexity index is 1050. The molecule has 0 saturated carbocycles. The third kappa shape index (κ3) is 3.50. The molecule has 5 heteroatoms. The average molecular weight is 411 g/mol. The van der Waals surface area contributed by atoms with Crippen molar-refractivity contribution in [3.63, 3.8) is 0 Å². The first kappa shape index (κ1) is 16.1. The molecule has 122 valence electrons. The lowest BCUT2D eigenvalue weighted by molar-refractivity contribution is 1.21. The summed E-state index contributed by atoms with van der Waals surface area (Å²) in [6, 6.07) is 23.6. The Labute approximate surface area is 158 Å². The standard InChI is InChI=1S/C20H13BrClN3/c21-14-9-10-18-17(11-14)19(13-5-2-1-3-6-13)25-20(24-18)23-16-8-4-7-15(22)12-16/h1-12H,(H,23,24,25). The summed E-state index contributed by atoms with van der Waals surface area (Å²) in [6.07, 6.45) is 0. The molecule has 4 aromatic rings. The van der Waals surface area contributed by atoms with Gasteiger partial charge in [-0.2, -0.15) is 0 Å². The Morgan fingerprint density at radius 2 is 1.68 bits per heavy atom. The fourth-order valence-corrected chi connectivity index (χ4v) is 3.22. The first-order chi connectivity index (χ1) is 12.2. The molecule has 0 atom stereocenters. The predicted molar refractivity (Wildman–Crippen MR) is 107 cm³/mol. The van der Waals surface area contributed by atoms with Gasteiger partial charge in [0.05, 0.1) is 11.2 Å². The predicted octanol–water partition coefficient (Wildman–Crippen LogP) is 6.46. The molecular weight excluding hydrogens is 398 g/mol. The summed E-state index contributed by atoms with van der Waals surface area (Å²) in [5.41, 5.74) is 3.66. The van der Waals surface area contributed by atoms with E-state index in [2.05, 4.69) is 26.2 Å². The van der Waals surface area contributed by atoms with Crippen molar-refractivity contribution in [2.75, 3.05) is 5.32 Å². The maximum absolute atomic E-state index is 6.06. The minimum Gasteiger partial charge on any atom is -0.324 e. The highest BCUT2D eigenvalue weighted by molar-refractivity contribution is 9.10. The van der Waals surface area contributed by atoms with Crippen molar-refractivity contribution in [1.29, 1.82) is 0 Å². The van der Waals surface area contributed by atoms with E-state index < -0.39 is 0 Å². The van der Waals surface area contributed by atoms with Crippen LogP contribution in [0, 0.1) is 0 Å². The van der Waals surface area contributed by atoms with Gasteiger partial charge in [-0.3, -0.25) is 0 Å². The molecular formula is C20H13BrClN3. The van der Waals surface area contributed by atoms with Gasteiger partial charge in [0.1, 0.15) is 0 Å². The van der Waals surface area contributed by atoms with E-state index in [-0.39, 0.29) is 0 Å². The summed E-state index contributed by atoms with van der Waals surface area (Å²) in [5.74, 6) is 0.538. The molecule has 4 rings (SSSR count). The molecule has 1 heterocycles. The Morgan fingerprint density at radius 3 is 2.48 bits per heavy atom. The molecule has 0 aliphatic heterocycles. The van der Waals surface area contributed by atoms with E-state index in [1.165, 1.54) is 0 Å². The van der Waals surface area contributed by atoms with Gasteiger partial charge >= 0.3 is 0 Å². The average Bonchev–Trinajstić information content (AvgIpc) is 2.62. The number of hydrogen-bond acceptors (Lipinski definition) is 3. The number of benzene rings is 3. The number of hydrogen-bond donors (Lipinski definition) is 1. The molecule has 0 saturated heterocycles. The third-order valence-electron chi connectivity index (χ3n) is 3.79. The molecule has 25 heavy (non-hydrogen) atoms. The number of fused-ring (bicyclic) bond motifs is 1. The molecule has 0 bridgehead atoms. The second-order valence-corrected chi connectivity index (χ2v) is 6.91. The fraction of sp³-hybridized carbons (Fsp3) is 0. The normalized spacial score (nSPS) is 10.8. The fourth-order valence-electron chi connectivity index (χ4n) is 2.67. The quantitative estimate of drug-likeness (QED) is 0.421. The highest BCUT2D eigenvalue weighted by Crippen LogP contribution is 2.30. The maximum Gasteiger partial charge on any atom is 0.228 e. The Kier molecular flexibility index (Phi) is 4.38. The molecule has 0 amide bonds. The van der Waals surface area contributed by atoms with E-state index in [1.54, 1.807) is 0 Å². The van der Waals surface area contributed by atoms with Crippen LogP contribution in [0.15, 0.2) is 77.3 Å². The third-order valence-corrected chi connectivity index (χ3v) is 4.51. The first-order valence-corrected chi connectivity index (χ1v) is 8.91. The summed E-state index contributed by atoms with van der Waals surface area (Å²) in [5, 5.41) is 4.91. The number of anilines is 2. The van der Waals surface area contributed by atoms with Gasteiger partial charge in [-0.1, -0.05) is 63.9 Å². The summed E-state index contributed by atoms with van der Waals surface area (Å²) >= 11 is 9.60. The van der Waals surface area contributed by atoms with Gasteiger partial charge in [0, 0.05) is 26.1 Å². The molecule has 0 aliphatic rings. The van der Waals surface area contributed by atoms with Crippen molar-refractivity contribution in [3.8, 4) is 11.3 Å². The highest BCUT2D eigenvalue weighted by atomic mass is 79.9.